The van der Waals surface area contributed by atoms with Gasteiger partial charge in [-0.25, -0.2) is 0 Å². The predicted molar refractivity (Wildman–Crippen MR) is 47.6 cm³/mol. The van der Waals surface area contributed by atoms with Crippen LogP contribution in [0.2, 0.25) is 0 Å². The molecule has 2 rings (SSSR count). The fraction of sp³-hybridized carbons (Fsp3) is 0.300. The van der Waals surface area contributed by atoms with Crippen molar-refractivity contribution < 1.29 is 0 Å². The summed E-state index contributed by atoms with van der Waals surface area (Å²) < 4.78 is 0. The van der Waals surface area contributed by atoms with Crippen LogP contribution >= 0.6 is 0 Å². The third kappa shape index (κ3) is 0.739. The van der Waals surface area contributed by atoms with Crippen LogP contribution in [0.1, 0.15) is 20.8 Å². The molecule has 0 fully saturated rings. The van der Waals surface area contributed by atoms with Gasteiger partial charge in [-0.05, 0) is 38.0 Å². The second-order valence-electron chi connectivity index (χ2n) is 3.10. The summed E-state index contributed by atoms with van der Waals surface area (Å²) in [5.41, 5.74) is 6.35. The zero-order valence-electron chi connectivity index (χ0n) is 7.10. The van der Waals surface area contributed by atoms with Gasteiger partial charge in [-0.3, -0.25) is 4.99 Å². The van der Waals surface area contributed by atoms with Gasteiger partial charge < -0.3 is 0 Å². The third-order valence-corrected chi connectivity index (χ3v) is 2.35. The summed E-state index contributed by atoms with van der Waals surface area (Å²) in [6.07, 6.45) is 4.22. The number of allylic oxidation sites excluding steroid dienone is 4. The summed E-state index contributed by atoms with van der Waals surface area (Å²) in [4.78, 5) is 4.43. The minimum atomic E-state index is 1.15. The van der Waals surface area contributed by atoms with E-state index in [9.17, 15) is 0 Å². The molecule has 1 aliphatic carbocycles. The molecule has 0 aromatic carbocycles. The van der Waals surface area contributed by atoms with Crippen LogP contribution in [-0.2, 0) is 0 Å². The highest BCUT2D eigenvalue weighted by Gasteiger charge is 2.21. The lowest BCUT2D eigenvalue weighted by Crippen LogP contribution is -1.89. The van der Waals surface area contributed by atoms with Crippen molar-refractivity contribution in [1.29, 1.82) is 0 Å². The zero-order chi connectivity index (χ0) is 8.01. The van der Waals surface area contributed by atoms with E-state index in [0.717, 1.165) is 5.70 Å². The first kappa shape index (κ1) is 6.59. The summed E-state index contributed by atoms with van der Waals surface area (Å²) in [6.45, 7) is 6.34. The molecule has 0 bridgehead atoms. The number of nitrogens with zero attached hydrogens (tertiary/aromatic N) is 1. The van der Waals surface area contributed by atoms with Gasteiger partial charge in [0.25, 0.3) is 0 Å². The van der Waals surface area contributed by atoms with Crippen LogP contribution < -0.4 is 0 Å². The molecular formula is C10H11N. The van der Waals surface area contributed by atoms with Crippen molar-refractivity contribution in [3.05, 3.63) is 34.6 Å². The summed E-state index contributed by atoms with van der Waals surface area (Å²) >= 11 is 0. The first-order valence-corrected chi connectivity index (χ1v) is 3.86. The van der Waals surface area contributed by atoms with Gasteiger partial charge >= 0.3 is 0 Å². The van der Waals surface area contributed by atoms with Gasteiger partial charge in [0.15, 0.2) is 0 Å². The number of hydrogen-bond donors (Lipinski definition) is 0. The van der Waals surface area contributed by atoms with E-state index in [1.165, 1.54) is 22.4 Å². The molecule has 0 saturated heterocycles. The molecule has 1 aliphatic heterocycles. The smallest absolute Gasteiger partial charge is 0.0711 e. The van der Waals surface area contributed by atoms with Crippen molar-refractivity contribution in [2.45, 2.75) is 20.8 Å². The molecule has 1 heteroatoms. The molecule has 0 amide bonds. The summed E-state index contributed by atoms with van der Waals surface area (Å²) in [5.74, 6) is 0. The highest BCUT2D eigenvalue weighted by molar-refractivity contribution is 6.04. The SMILES string of the molecule is CC1=CC=C2N=C(C)C(C)=C12. The van der Waals surface area contributed by atoms with Crippen LogP contribution in [0.4, 0.5) is 0 Å². The van der Waals surface area contributed by atoms with Crippen LogP contribution in [0.25, 0.3) is 0 Å². The van der Waals surface area contributed by atoms with E-state index in [-0.39, 0.29) is 0 Å². The van der Waals surface area contributed by atoms with Crippen LogP contribution in [0.15, 0.2) is 39.6 Å². The number of aliphatic imine (C=N–C) groups is 1. The third-order valence-electron chi connectivity index (χ3n) is 2.35. The number of hydrogen-bond acceptors (Lipinski definition) is 1. The molecule has 0 aromatic heterocycles. The van der Waals surface area contributed by atoms with Crippen LogP contribution in [-0.4, -0.2) is 5.71 Å². The standard InChI is InChI=1S/C10H11N/c1-6-4-5-9-10(6)7(2)8(3)11-9/h4-5H,1-3H3. The van der Waals surface area contributed by atoms with Gasteiger partial charge in [-0.2, -0.15) is 0 Å². The summed E-state index contributed by atoms with van der Waals surface area (Å²) in [6, 6.07) is 0. The highest BCUT2D eigenvalue weighted by atomic mass is 14.8. The number of fused-ring (bicyclic) bond motifs is 1. The molecule has 0 saturated carbocycles. The molecule has 0 aromatic rings. The Bertz CT molecular complexity index is 338. The largest absolute Gasteiger partial charge is 0.253 e. The maximum atomic E-state index is 4.43. The van der Waals surface area contributed by atoms with Gasteiger partial charge in [-0.1, -0.05) is 6.08 Å². The van der Waals surface area contributed by atoms with E-state index in [2.05, 4.69) is 37.9 Å². The Labute approximate surface area is 66.8 Å². The van der Waals surface area contributed by atoms with Crippen molar-refractivity contribution >= 4 is 5.71 Å². The summed E-state index contributed by atoms with van der Waals surface area (Å²) in [5, 5.41) is 0. The monoisotopic (exact) mass is 145 g/mol. The van der Waals surface area contributed by atoms with E-state index in [0.29, 0.717) is 0 Å². The molecule has 0 spiro atoms. The molecule has 0 N–H and O–H groups in total. The van der Waals surface area contributed by atoms with Gasteiger partial charge in [0, 0.05) is 11.3 Å². The quantitative estimate of drug-likeness (QED) is 0.497. The minimum absolute atomic E-state index is 1.15. The lowest BCUT2D eigenvalue weighted by atomic mass is 10.0. The lowest BCUT2D eigenvalue weighted by molar-refractivity contribution is 1.34. The van der Waals surface area contributed by atoms with Crippen LogP contribution in [0.5, 0.6) is 0 Å². The summed E-state index contributed by atoms with van der Waals surface area (Å²) in [7, 11) is 0. The fourth-order valence-electron chi connectivity index (χ4n) is 1.60. The number of rotatable bonds is 0. The van der Waals surface area contributed by atoms with Crippen molar-refractivity contribution in [3.8, 4) is 0 Å². The lowest BCUT2D eigenvalue weighted by Gasteiger charge is -1.98. The average Bonchev–Trinajstić information content (AvgIpc) is 2.41. The van der Waals surface area contributed by atoms with Crippen molar-refractivity contribution in [2.24, 2.45) is 4.99 Å². The molecule has 1 heterocycles. The first-order valence-electron chi connectivity index (χ1n) is 3.86. The maximum absolute atomic E-state index is 4.43. The van der Waals surface area contributed by atoms with Crippen LogP contribution in [0, 0.1) is 0 Å². The Balaban J connectivity index is 2.60. The topological polar surface area (TPSA) is 12.4 Å². The van der Waals surface area contributed by atoms with E-state index in [4.69, 9.17) is 0 Å². The second kappa shape index (κ2) is 1.94. The van der Waals surface area contributed by atoms with E-state index >= 15 is 0 Å². The Morgan fingerprint density at radius 2 is 1.82 bits per heavy atom. The highest BCUT2D eigenvalue weighted by Crippen LogP contribution is 2.34. The molecule has 56 valence electrons. The normalized spacial score (nSPS) is 21.5. The fourth-order valence-corrected chi connectivity index (χ4v) is 1.60. The Hall–Kier alpha value is -1.11. The molecule has 0 atom stereocenters. The van der Waals surface area contributed by atoms with E-state index in [1.54, 1.807) is 0 Å². The minimum Gasteiger partial charge on any atom is -0.253 e. The van der Waals surface area contributed by atoms with Crippen molar-refractivity contribution in [1.82, 2.24) is 0 Å². The average molecular weight is 145 g/mol. The molecule has 2 aliphatic rings. The predicted octanol–water partition coefficient (Wildman–Crippen LogP) is 2.62. The Morgan fingerprint density at radius 3 is 2.45 bits per heavy atom. The second-order valence-corrected chi connectivity index (χ2v) is 3.10. The van der Waals surface area contributed by atoms with Gasteiger partial charge in [0.2, 0.25) is 0 Å². The van der Waals surface area contributed by atoms with Gasteiger partial charge in [-0.15, -0.1) is 0 Å². The van der Waals surface area contributed by atoms with Crippen molar-refractivity contribution in [2.75, 3.05) is 0 Å². The van der Waals surface area contributed by atoms with Gasteiger partial charge in [0.05, 0.1) is 5.70 Å². The van der Waals surface area contributed by atoms with E-state index in [1.807, 2.05) is 0 Å². The maximum Gasteiger partial charge on any atom is 0.0711 e. The molecule has 0 radical (unpaired) electrons. The first-order chi connectivity index (χ1) is 5.20. The van der Waals surface area contributed by atoms with Gasteiger partial charge in [0.1, 0.15) is 0 Å². The van der Waals surface area contributed by atoms with Crippen molar-refractivity contribution in [3.63, 3.8) is 0 Å². The molecule has 11 heavy (non-hydrogen) atoms. The van der Waals surface area contributed by atoms with Crippen LogP contribution in [0.3, 0.4) is 0 Å². The van der Waals surface area contributed by atoms with E-state index < -0.39 is 0 Å². The zero-order valence-corrected chi connectivity index (χ0v) is 7.10. The molecule has 0 unspecified atom stereocenters. The Morgan fingerprint density at radius 1 is 1.09 bits per heavy atom. The molecular weight excluding hydrogens is 134 g/mol. The molecule has 1 nitrogen and oxygen atoms in total. The Kier molecular flexibility index (Phi) is 1.16.